The van der Waals surface area contributed by atoms with Gasteiger partial charge in [0, 0.05) is 17.4 Å². The van der Waals surface area contributed by atoms with Gasteiger partial charge < -0.3 is 9.47 Å². The van der Waals surface area contributed by atoms with E-state index in [4.69, 9.17) is 9.47 Å². The van der Waals surface area contributed by atoms with Crippen LogP contribution in [0.5, 0.6) is 17.2 Å². The number of hydrogen-bond donors (Lipinski definition) is 0. The Morgan fingerprint density at radius 3 is 2.32 bits per heavy atom. The van der Waals surface area contributed by atoms with Gasteiger partial charge in [0.15, 0.2) is 0 Å². The van der Waals surface area contributed by atoms with Crippen molar-refractivity contribution in [3.8, 4) is 28.4 Å². The quantitative estimate of drug-likeness (QED) is 0.182. The van der Waals surface area contributed by atoms with Crippen molar-refractivity contribution in [1.82, 2.24) is 0 Å². The highest BCUT2D eigenvalue weighted by molar-refractivity contribution is 6.94. The van der Waals surface area contributed by atoms with E-state index >= 15 is 0 Å². The van der Waals surface area contributed by atoms with E-state index in [2.05, 4.69) is 103 Å². The molecule has 6 aromatic carbocycles. The molecule has 0 spiro atoms. The van der Waals surface area contributed by atoms with Gasteiger partial charge in [-0.15, -0.1) is 0 Å². The molecule has 0 unspecified atom stereocenters. The molecule has 3 heteroatoms. The Morgan fingerprint density at radius 2 is 1.41 bits per heavy atom. The first kappa shape index (κ1) is 19.7. The van der Waals surface area contributed by atoms with Crippen molar-refractivity contribution in [2.75, 3.05) is 0 Å². The second-order valence-electron chi connectivity index (χ2n) is 10.3. The molecule has 0 fully saturated rings. The molecule has 0 aromatic heterocycles. The van der Waals surface area contributed by atoms with E-state index < -0.39 is 0 Å². The summed E-state index contributed by atoms with van der Waals surface area (Å²) in [6.07, 6.45) is 6.47. The van der Waals surface area contributed by atoms with Gasteiger partial charge in [-0.1, -0.05) is 84.9 Å². The lowest BCUT2D eigenvalue weighted by Crippen LogP contribution is -2.51. The number of para-hydroxylation sites is 1. The van der Waals surface area contributed by atoms with Crippen LogP contribution in [0.3, 0.4) is 0 Å². The lowest BCUT2D eigenvalue weighted by Gasteiger charge is -2.35. The number of ether oxygens (including phenoxy) is 2. The highest BCUT2D eigenvalue weighted by atomic mass is 16.5. The maximum absolute atomic E-state index is 6.82. The molecular weight excluding hydrogens is 451 g/mol. The van der Waals surface area contributed by atoms with Crippen molar-refractivity contribution in [3.63, 3.8) is 0 Å². The maximum Gasteiger partial charge on any atom is 0.260 e. The van der Waals surface area contributed by atoms with Crippen molar-refractivity contribution < 1.29 is 9.47 Å². The van der Waals surface area contributed by atoms with Crippen molar-refractivity contribution in [3.05, 3.63) is 114 Å². The molecule has 2 heterocycles. The SMILES string of the molecule is C1=CC2=C(CC1)Oc1c(-c3ccc4ccc5cccc6ccc3c4c56)ccc3c1B2c1ccccc1O3. The van der Waals surface area contributed by atoms with Gasteiger partial charge >= 0.3 is 0 Å². The summed E-state index contributed by atoms with van der Waals surface area (Å²) in [6, 6.07) is 32.9. The van der Waals surface area contributed by atoms with E-state index in [1.54, 1.807) is 0 Å². The lowest BCUT2D eigenvalue weighted by molar-refractivity contribution is 0.397. The average molecular weight is 472 g/mol. The molecule has 0 N–H and O–H groups in total. The van der Waals surface area contributed by atoms with Gasteiger partial charge in [0.2, 0.25) is 0 Å². The standard InChI is InChI=1S/C34H21BO2/c1-3-10-28-26(8-1)35-27-9-2-4-11-29(27)37-34-25(18-19-30(36-28)33(34)35)23-16-14-22-13-12-20-6-5-7-21-15-17-24(23)32(22)31(20)21/h1-3,5-10,12-19H,4,11H2. The molecule has 172 valence electrons. The van der Waals surface area contributed by atoms with E-state index in [1.165, 1.54) is 48.8 Å². The molecule has 0 saturated heterocycles. The van der Waals surface area contributed by atoms with Gasteiger partial charge in [0.1, 0.15) is 17.2 Å². The Hall–Kier alpha value is -4.50. The minimum atomic E-state index is 0.120. The molecule has 0 saturated carbocycles. The van der Waals surface area contributed by atoms with Crippen molar-refractivity contribution in [2.24, 2.45) is 0 Å². The Morgan fingerprint density at radius 1 is 0.622 bits per heavy atom. The highest BCUT2D eigenvalue weighted by Gasteiger charge is 2.42. The third kappa shape index (κ3) is 2.56. The average Bonchev–Trinajstić information content (AvgIpc) is 2.96. The van der Waals surface area contributed by atoms with Crippen molar-refractivity contribution >= 4 is 50.0 Å². The van der Waals surface area contributed by atoms with E-state index in [0.29, 0.717) is 0 Å². The summed E-state index contributed by atoms with van der Waals surface area (Å²) in [4.78, 5) is 0. The third-order valence-electron chi connectivity index (χ3n) is 8.41. The van der Waals surface area contributed by atoms with E-state index in [-0.39, 0.29) is 6.71 Å². The summed E-state index contributed by atoms with van der Waals surface area (Å²) in [5.41, 5.74) is 5.96. The Bertz CT molecular complexity index is 1980. The van der Waals surface area contributed by atoms with Crippen LogP contribution in [0.1, 0.15) is 12.8 Å². The van der Waals surface area contributed by atoms with E-state index in [1.807, 2.05) is 0 Å². The van der Waals surface area contributed by atoms with E-state index in [0.717, 1.165) is 46.9 Å². The smallest absolute Gasteiger partial charge is 0.260 e. The second kappa shape index (κ2) is 7.05. The number of benzene rings is 6. The summed E-state index contributed by atoms with van der Waals surface area (Å²) in [5, 5.41) is 7.76. The van der Waals surface area contributed by atoms with Crippen LogP contribution in [0.2, 0.25) is 0 Å². The molecule has 9 rings (SSSR count). The zero-order chi connectivity index (χ0) is 24.1. The predicted molar refractivity (Wildman–Crippen MR) is 153 cm³/mol. The molecule has 6 aromatic rings. The van der Waals surface area contributed by atoms with Gasteiger partial charge in [-0.05, 0) is 73.4 Å². The first-order valence-electron chi connectivity index (χ1n) is 13.0. The lowest BCUT2D eigenvalue weighted by atomic mass is 9.33. The van der Waals surface area contributed by atoms with Gasteiger partial charge in [-0.2, -0.15) is 0 Å². The minimum absolute atomic E-state index is 0.120. The summed E-state index contributed by atoms with van der Waals surface area (Å²) in [6.45, 7) is 0.120. The van der Waals surface area contributed by atoms with E-state index in [9.17, 15) is 0 Å². The number of hydrogen-bond acceptors (Lipinski definition) is 2. The number of rotatable bonds is 1. The zero-order valence-electron chi connectivity index (χ0n) is 20.1. The van der Waals surface area contributed by atoms with Crippen LogP contribution in [0.15, 0.2) is 114 Å². The molecule has 0 amide bonds. The van der Waals surface area contributed by atoms with Crippen molar-refractivity contribution in [2.45, 2.75) is 12.8 Å². The van der Waals surface area contributed by atoms with Crippen molar-refractivity contribution in [1.29, 1.82) is 0 Å². The molecule has 1 aliphatic carbocycles. The summed E-state index contributed by atoms with van der Waals surface area (Å²) in [5.74, 6) is 3.87. The van der Waals surface area contributed by atoms with Crippen LogP contribution in [0, 0.1) is 0 Å². The fourth-order valence-electron chi connectivity index (χ4n) is 6.80. The second-order valence-corrected chi connectivity index (χ2v) is 10.3. The molecule has 3 aliphatic rings. The maximum atomic E-state index is 6.82. The normalized spacial score (nSPS) is 15.5. The summed E-state index contributed by atoms with van der Waals surface area (Å²) in [7, 11) is 0. The molecule has 2 aliphatic heterocycles. The van der Waals surface area contributed by atoms with Crippen LogP contribution >= 0.6 is 0 Å². The van der Waals surface area contributed by atoms with Crippen LogP contribution in [0.25, 0.3) is 43.4 Å². The molecule has 37 heavy (non-hydrogen) atoms. The first-order valence-corrected chi connectivity index (χ1v) is 13.0. The highest BCUT2D eigenvalue weighted by Crippen LogP contribution is 2.46. The van der Waals surface area contributed by atoms with Gasteiger partial charge in [-0.3, -0.25) is 0 Å². The van der Waals surface area contributed by atoms with Gasteiger partial charge in [-0.25, -0.2) is 0 Å². The Kier molecular flexibility index (Phi) is 3.74. The number of fused-ring (bicyclic) bond motifs is 3. The number of allylic oxidation sites excluding steroid dienone is 4. The van der Waals surface area contributed by atoms with Crippen LogP contribution in [0.4, 0.5) is 0 Å². The topological polar surface area (TPSA) is 18.5 Å². The first-order chi connectivity index (χ1) is 18.3. The molecular formula is C34H21BO2. The van der Waals surface area contributed by atoms with Gasteiger partial charge in [0.25, 0.3) is 6.71 Å². The van der Waals surface area contributed by atoms with Crippen LogP contribution in [-0.2, 0) is 0 Å². The fourth-order valence-corrected chi connectivity index (χ4v) is 6.80. The summed E-state index contributed by atoms with van der Waals surface area (Å²) >= 11 is 0. The molecule has 0 radical (unpaired) electrons. The van der Waals surface area contributed by atoms with Crippen LogP contribution < -0.4 is 20.4 Å². The zero-order valence-corrected chi connectivity index (χ0v) is 20.1. The van der Waals surface area contributed by atoms with Crippen LogP contribution in [-0.4, -0.2) is 6.71 Å². The largest absolute Gasteiger partial charge is 0.462 e. The monoisotopic (exact) mass is 472 g/mol. The molecule has 2 nitrogen and oxygen atoms in total. The predicted octanol–water partition coefficient (Wildman–Crippen LogP) is 7.50. The third-order valence-corrected chi connectivity index (χ3v) is 8.41. The fraction of sp³-hybridized carbons (Fsp3) is 0.0588. The Labute approximate surface area is 214 Å². The molecule has 0 atom stereocenters. The molecule has 0 bridgehead atoms. The summed E-state index contributed by atoms with van der Waals surface area (Å²) < 4.78 is 13.3. The minimum Gasteiger partial charge on any atom is -0.462 e. The Balaban J connectivity index is 1.36. The van der Waals surface area contributed by atoms with Gasteiger partial charge in [0.05, 0.1) is 5.76 Å².